The van der Waals surface area contributed by atoms with Crippen molar-refractivity contribution in [2.45, 2.75) is 52.9 Å². The Balaban J connectivity index is 2.11. The summed E-state index contributed by atoms with van der Waals surface area (Å²) in [4.78, 5) is 25.3. The zero-order chi connectivity index (χ0) is 20.5. The van der Waals surface area contributed by atoms with E-state index in [1.54, 1.807) is 13.8 Å². The number of nitrogens with zero attached hydrogens (tertiary/aromatic N) is 3. The molecule has 1 aromatic heterocycles. The molecule has 0 aromatic carbocycles. The van der Waals surface area contributed by atoms with Crippen molar-refractivity contribution in [1.29, 1.82) is 0 Å². The fraction of sp³-hybridized carbons (Fsp3) is 0.706. The fourth-order valence-electron chi connectivity index (χ4n) is 3.71. The summed E-state index contributed by atoms with van der Waals surface area (Å²) in [5.74, 6) is -1.50. The van der Waals surface area contributed by atoms with Crippen molar-refractivity contribution in [2.24, 2.45) is 11.8 Å². The molecule has 1 aromatic rings. The zero-order valence-electron chi connectivity index (χ0n) is 15.8. The Morgan fingerprint density at radius 1 is 1.33 bits per heavy atom. The number of hydrogen-bond donors (Lipinski definition) is 2. The summed E-state index contributed by atoms with van der Waals surface area (Å²) < 4.78 is 38.9. The topological polar surface area (TPSA) is 87.5 Å². The average molecular weight is 390 g/mol. The zero-order valence-corrected chi connectivity index (χ0v) is 15.8. The summed E-state index contributed by atoms with van der Waals surface area (Å²) in [6.07, 6.45) is -3.88. The number of aliphatic carboxylic acids is 1. The first-order valence-corrected chi connectivity index (χ1v) is 8.78. The van der Waals surface area contributed by atoms with E-state index in [1.807, 2.05) is 6.92 Å². The van der Waals surface area contributed by atoms with Crippen LogP contribution in [-0.4, -0.2) is 51.1 Å². The maximum Gasteiger partial charge on any atom is 0.408 e. The molecule has 152 valence electrons. The molecule has 1 fully saturated rings. The second-order valence-electron chi connectivity index (χ2n) is 7.31. The highest BCUT2D eigenvalue weighted by Crippen LogP contribution is 2.26. The SMILES string of the molecule is Cc1nn(CC(F)(F)F)c(C)c1C(C)NC(=O)N1CC(C)CC(C(=O)O)C1. The van der Waals surface area contributed by atoms with Crippen LogP contribution in [0, 0.1) is 25.7 Å². The van der Waals surface area contributed by atoms with Crippen LogP contribution in [0.4, 0.5) is 18.0 Å². The van der Waals surface area contributed by atoms with Gasteiger partial charge in [-0.3, -0.25) is 9.48 Å². The van der Waals surface area contributed by atoms with Crippen LogP contribution in [0.5, 0.6) is 0 Å². The molecule has 7 nitrogen and oxygen atoms in total. The van der Waals surface area contributed by atoms with Crippen LogP contribution in [0.3, 0.4) is 0 Å². The Bertz CT molecular complexity index is 717. The van der Waals surface area contributed by atoms with Gasteiger partial charge in [0.2, 0.25) is 0 Å². The molecule has 0 radical (unpaired) electrons. The molecule has 2 rings (SSSR count). The Morgan fingerprint density at radius 3 is 2.52 bits per heavy atom. The standard InChI is InChI=1S/C17H25F3N4O3/c1-9-5-13(15(25)26)7-23(6-9)16(27)21-10(2)14-11(3)22-24(12(14)4)8-17(18,19)20/h9-10,13H,5-8H2,1-4H3,(H,21,27)(H,25,26). The number of aryl methyl sites for hydroxylation is 1. The van der Waals surface area contributed by atoms with Gasteiger partial charge in [-0.15, -0.1) is 0 Å². The first-order valence-electron chi connectivity index (χ1n) is 8.78. The minimum atomic E-state index is -4.39. The predicted molar refractivity (Wildman–Crippen MR) is 91.2 cm³/mol. The second kappa shape index (κ2) is 7.77. The van der Waals surface area contributed by atoms with Crippen LogP contribution in [0.1, 0.15) is 43.3 Å². The Labute approximate surface area is 155 Å². The van der Waals surface area contributed by atoms with Crippen molar-refractivity contribution in [1.82, 2.24) is 20.0 Å². The number of amides is 2. The molecule has 10 heteroatoms. The number of carboxylic acids is 1. The number of carboxylic acid groups (broad SMARTS) is 1. The number of carbonyl (C=O) groups excluding carboxylic acids is 1. The third-order valence-electron chi connectivity index (χ3n) is 4.84. The molecule has 27 heavy (non-hydrogen) atoms. The third-order valence-corrected chi connectivity index (χ3v) is 4.84. The van der Waals surface area contributed by atoms with E-state index >= 15 is 0 Å². The Kier molecular flexibility index (Phi) is 6.06. The Morgan fingerprint density at radius 2 is 1.96 bits per heavy atom. The van der Waals surface area contributed by atoms with E-state index in [0.717, 1.165) is 4.68 Å². The minimum absolute atomic E-state index is 0.0546. The highest BCUT2D eigenvalue weighted by Gasteiger charge is 2.34. The predicted octanol–water partition coefficient (Wildman–Crippen LogP) is 2.88. The van der Waals surface area contributed by atoms with Gasteiger partial charge in [0, 0.05) is 24.3 Å². The number of alkyl halides is 3. The van der Waals surface area contributed by atoms with Gasteiger partial charge in [0.15, 0.2) is 0 Å². The summed E-state index contributed by atoms with van der Waals surface area (Å²) in [5, 5.41) is 15.9. The number of urea groups is 1. The molecule has 0 bridgehead atoms. The highest BCUT2D eigenvalue weighted by atomic mass is 19.4. The van der Waals surface area contributed by atoms with Crippen molar-refractivity contribution in [2.75, 3.05) is 13.1 Å². The summed E-state index contributed by atoms with van der Waals surface area (Å²) in [7, 11) is 0. The molecular formula is C17H25F3N4O3. The van der Waals surface area contributed by atoms with E-state index in [-0.39, 0.29) is 12.5 Å². The van der Waals surface area contributed by atoms with Crippen LogP contribution in [-0.2, 0) is 11.3 Å². The maximum absolute atomic E-state index is 12.7. The van der Waals surface area contributed by atoms with Crippen molar-refractivity contribution in [3.05, 3.63) is 17.0 Å². The van der Waals surface area contributed by atoms with Gasteiger partial charge in [-0.2, -0.15) is 18.3 Å². The smallest absolute Gasteiger partial charge is 0.408 e. The van der Waals surface area contributed by atoms with Crippen molar-refractivity contribution < 1.29 is 27.9 Å². The number of carbonyl (C=O) groups is 2. The summed E-state index contributed by atoms with van der Waals surface area (Å²) in [6.45, 7) is 6.05. The molecule has 2 heterocycles. The van der Waals surface area contributed by atoms with E-state index in [4.69, 9.17) is 0 Å². The van der Waals surface area contributed by atoms with E-state index in [1.165, 1.54) is 11.8 Å². The van der Waals surface area contributed by atoms with Gasteiger partial charge in [0.05, 0.1) is 17.7 Å². The molecule has 1 saturated heterocycles. The number of nitrogens with one attached hydrogen (secondary N) is 1. The number of aromatic nitrogens is 2. The molecule has 3 atom stereocenters. The van der Waals surface area contributed by atoms with Gasteiger partial charge in [0.1, 0.15) is 6.54 Å². The quantitative estimate of drug-likeness (QED) is 0.828. The first kappa shape index (κ1) is 21.0. The van der Waals surface area contributed by atoms with E-state index in [0.29, 0.717) is 29.9 Å². The lowest BCUT2D eigenvalue weighted by Gasteiger charge is -2.35. The lowest BCUT2D eigenvalue weighted by atomic mass is 9.91. The number of hydrogen-bond acceptors (Lipinski definition) is 3. The molecule has 3 unspecified atom stereocenters. The van der Waals surface area contributed by atoms with Gasteiger partial charge in [0.25, 0.3) is 0 Å². The van der Waals surface area contributed by atoms with Crippen molar-refractivity contribution >= 4 is 12.0 Å². The summed E-state index contributed by atoms with van der Waals surface area (Å²) in [5.41, 5.74) is 1.29. The second-order valence-corrected chi connectivity index (χ2v) is 7.31. The van der Waals surface area contributed by atoms with E-state index < -0.39 is 36.7 Å². The molecule has 2 N–H and O–H groups in total. The van der Waals surface area contributed by atoms with Gasteiger partial charge in [-0.05, 0) is 33.1 Å². The minimum Gasteiger partial charge on any atom is -0.481 e. The summed E-state index contributed by atoms with van der Waals surface area (Å²) in [6, 6.07) is -0.984. The highest BCUT2D eigenvalue weighted by molar-refractivity contribution is 5.77. The van der Waals surface area contributed by atoms with Crippen LogP contribution in [0.15, 0.2) is 0 Å². The van der Waals surface area contributed by atoms with E-state index in [2.05, 4.69) is 10.4 Å². The molecule has 0 spiro atoms. The fourth-order valence-corrected chi connectivity index (χ4v) is 3.71. The van der Waals surface area contributed by atoms with E-state index in [9.17, 15) is 27.9 Å². The molecule has 1 aliphatic heterocycles. The van der Waals surface area contributed by atoms with Crippen LogP contribution >= 0.6 is 0 Å². The summed E-state index contributed by atoms with van der Waals surface area (Å²) >= 11 is 0. The average Bonchev–Trinajstić information content (AvgIpc) is 2.78. The van der Waals surface area contributed by atoms with Gasteiger partial charge in [-0.25, -0.2) is 4.79 Å². The lowest BCUT2D eigenvalue weighted by molar-refractivity contribution is -0.144. The number of rotatable bonds is 4. The van der Waals surface area contributed by atoms with Gasteiger partial charge < -0.3 is 15.3 Å². The molecule has 0 saturated carbocycles. The van der Waals surface area contributed by atoms with Crippen LogP contribution in [0.2, 0.25) is 0 Å². The molecule has 0 aliphatic carbocycles. The normalized spacial score (nSPS) is 21.8. The molecule has 2 amide bonds. The maximum atomic E-state index is 12.7. The van der Waals surface area contributed by atoms with Crippen LogP contribution < -0.4 is 5.32 Å². The lowest BCUT2D eigenvalue weighted by Crippen LogP contribution is -2.50. The first-order chi connectivity index (χ1) is 12.4. The number of halogens is 3. The van der Waals surface area contributed by atoms with Gasteiger partial charge >= 0.3 is 18.2 Å². The van der Waals surface area contributed by atoms with Crippen molar-refractivity contribution in [3.8, 4) is 0 Å². The van der Waals surface area contributed by atoms with Crippen LogP contribution in [0.25, 0.3) is 0 Å². The van der Waals surface area contributed by atoms with Gasteiger partial charge in [-0.1, -0.05) is 6.92 Å². The number of likely N-dealkylation sites (tertiary alicyclic amines) is 1. The molecule has 1 aliphatic rings. The largest absolute Gasteiger partial charge is 0.481 e. The Hall–Kier alpha value is -2.26. The molecular weight excluding hydrogens is 365 g/mol. The monoisotopic (exact) mass is 390 g/mol. The number of piperidine rings is 1. The third kappa shape index (κ3) is 5.14. The van der Waals surface area contributed by atoms with Crippen molar-refractivity contribution in [3.63, 3.8) is 0 Å².